The Morgan fingerprint density at radius 3 is 2.70 bits per heavy atom. The van der Waals surface area contributed by atoms with E-state index in [4.69, 9.17) is 0 Å². The lowest BCUT2D eigenvalue weighted by atomic mass is 9.75. The number of hydrogen-bond donors (Lipinski definition) is 0. The molecule has 23 heavy (non-hydrogen) atoms. The van der Waals surface area contributed by atoms with Crippen molar-refractivity contribution in [2.24, 2.45) is 17.3 Å². The monoisotopic (exact) mass is 314 g/mol. The predicted octanol–water partition coefficient (Wildman–Crippen LogP) is 1.48. The van der Waals surface area contributed by atoms with E-state index in [2.05, 4.69) is 16.9 Å². The average molecular weight is 314 g/mol. The average Bonchev–Trinajstić information content (AvgIpc) is 3.08. The zero-order valence-corrected chi connectivity index (χ0v) is 13.4. The minimum Gasteiger partial charge on any atom is -0.342 e. The largest absolute Gasteiger partial charge is 0.342 e. The van der Waals surface area contributed by atoms with Gasteiger partial charge in [-0.25, -0.2) is 9.97 Å². The highest BCUT2D eigenvalue weighted by molar-refractivity contribution is 5.96. The van der Waals surface area contributed by atoms with Crippen molar-refractivity contribution in [3.05, 3.63) is 18.7 Å². The van der Waals surface area contributed by atoms with Gasteiger partial charge < -0.3 is 9.80 Å². The molecule has 4 rings (SSSR count). The molecule has 122 valence electrons. The molecule has 2 aliphatic heterocycles. The quantitative estimate of drug-likeness (QED) is 0.829. The number of hydrogen-bond acceptors (Lipinski definition) is 4. The van der Waals surface area contributed by atoms with E-state index in [-0.39, 0.29) is 17.2 Å². The molecule has 6 heteroatoms. The standard InChI is InChI=1S/C17H22N4O2/c1-12-4-13(5-12)16(23)20-3-2-17(9-20)6-15(22)21(10-17)14-7-18-11-19-8-14/h7-8,11-13H,2-6,9-10H2,1H3. The fourth-order valence-corrected chi connectivity index (χ4v) is 4.32. The topological polar surface area (TPSA) is 66.4 Å². The molecule has 3 aliphatic rings. The van der Waals surface area contributed by atoms with Gasteiger partial charge in [-0.2, -0.15) is 0 Å². The summed E-state index contributed by atoms with van der Waals surface area (Å²) in [7, 11) is 0. The number of aromatic nitrogens is 2. The van der Waals surface area contributed by atoms with Crippen LogP contribution in [-0.4, -0.2) is 46.3 Å². The molecular formula is C17H22N4O2. The zero-order chi connectivity index (χ0) is 16.0. The number of carbonyl (C=O) groups excluding carboxylic acids is 2. The van der Waals surface area contributed by atoms with E-state index in [0.29, 0.717) is 31.3 Å². The second-order valence-corrected chi connectivity index (χ2v) is 7.54. The summed E-state index contributed by atoms with van der Waals surface area (Å²) in [5, 5.41) is 0. The summed E-state index contributed by atoms with van der Waals surface area (Å²) in [4.78, 5) is 36.8. The van der Waals surface area contributed by atoms with E-state index in [1.807, 2.05) is 4.90 Å². The van der Waals surface area contributed by atoms with Crippen molar-refractivity contribution in [1.82, 2.24) is 14.9 Å². The number of anilines is 1. The van der Waals surface area contributed by atoms with Gasteiger partial charge in [0, 0.05) is 37.4 Å². The highest BCUT2D eigenvalue weighted by Gasteiger charge is 2.50. The lowest BCUT2D eigenvalue weighted by molar-refractivity contribution is -0.139. The Labute approximate surface area is 135 Å². The number of rotatable bonds is 2. The van der Waals surface area contributed by atoms with E-state index in [9.17, 15) is 9.59 Å². The highest BCUT2D eigenvalue weighted by Crippen LogP contribution is 2.43. The second-order valence-electron chi connectivity index (χ2n) is 7.54. The molecule has 3 heterocycles. The molecule has 1 unspecified atom stereocenters. The van der Waals surface area contributed by atoms with Crippen molar-refractivity contribution >= 4 is 17.5 Å². The molecular weight excluding hydrogens is 292 g/mol. The molecule has 1 aliphatic carbocycles. The molecule has 0 radical (unpaired) electrons. The van der Waals surface area contributed by atoms with Gasteiger partial charge in [-0.1, -0.05) is 6.92 Å². The normalized spacial score (nSPS) is 33.3. The third-order valence-corrected chi connectivity index (χ3v) is 5.65. The maximum Gasteiger partial charge on any atom is 0.227 e. The van der Waals surface area contributed by atoms with Crippen LogP contribution in [0, 0.1) is 17.3 Å². The molecule has 0 N–H and O–H groups in total. The van der Waals surface area contributed by atoms with Crippen LogP contribution in [-0.2, 0) is 9.59 Å². The lowest BCUT2D eigenvalue weighted by Crippen LogP contribution is -2.41. The molecule has 1 saturated carbocycles. The Morgan fingerprint density at radius 2 is 2.00 bits per heavy atom. The lowest BCUT2D eigenvalue weighted by Gasteiger charge is -2.35. The molecule has 1 aromatic rings. The van der Waals surface area contributed by atoms with Crippen LogP contribution in [0.5, 0.6) is 0 Å². The summed E-state index contributed by atoms with van der Waals surface area (Å²) in [6.45, 7) is 4.37. The third-order valence-electron chi connectivity index (χ3n) is 5.65. The van der Waals surface area contributed by atoms with Crippen LogP contribution in [0.3, 0.4) is 0 Å². The Balaban J connectivity index is 1.44. The summed E-state index contributed by atoms with van der Waals surface area (Å²) in [6.07, 6.45) is 8.30. The maximum absolute atomic E-state index is 12.6. The van der Waals surface area contributed by atoms with E-state index in [0.717, 1.165) is 31.5 Å². The highest BCUT2D eigenvalue weighted by atomic mass is 16.2. The molecule has 0 bridgehead atoms. The van der Waals surface area contributed by atoms with E-state index < -0.39 is 0 Å². The Bertz CT molecular complexity index is 629. The van der Waals surface area contributed by atoms with Crippen LogP contribution in [0.2, 0.25) is 0 Å². The minimum absolute atomic E-state index is 0.0854. The van der Waals surface area contributed by atoms with Gasteiger partial charge in [-0.15, -0.1) is 0 Å². The van der Waals surface area contributed by atoms with Gasteiger partial charge in [0.2, 0.25) is 11.8 Å². The van der Waals surface area contributed by atoms with Crippen molar-refractivity contribution in [2.45, 2.75) is 32.6 Å². The van der Waals surface area contributed by atoms with Gasteiger partial charge in [0.1, 0.15) is 6.33 Å². The number of carbonyl (C=O) groups is 2. The summed E-state index contributed by atoms with van der Waals surface area (Å²) in [5.41, 5.74) is 0.671. The SMILES string of the molecule is CC1CC(C(=O)N2CCC3(CC(=O)N(c4cncnc4)C3)C2)C1. The molecule has 1 aromatic heterocycles. The van der Waals surface area contributed by atoms with Crippen LogP contribution in [0.25, 0.3) is 0 Å². The molecule has 2 amide bonds. The molecule has 6 nitrogen and oxygen atoms in total. The first kappa shape index (κ1) is 14.6. The van der Waals surface area contributed by atoms with Crippen LogP contribution in [0.4, 0.5) is 5.69 Å². The Hall–Kier alpha value is -1.98. The van der Waals surface area contributed by atoms with Crippen molar-refractivity contribution in [3.63, 3.8) is 0 Å². The van der Waals surface area contributed by atoms with E-state index in [1.165, 1.54) is 6.33 Å². The van der Waals surface area contributed by atoms with Gasteiger partial charge in [0.05, 0.1) is 18.1 Å². The van der Waals surface area contributed by atoms with Gasteiger partial charge in [-0.3, -0.25) is 9.59 Å². The van der Waals surface area contributed by atoms with Gasteiger partial charge in [0.25, 0.3) is 0 Å². The van der Waals surface area contributed by atoms with Crippen LogP contribution in [0.1, 0.15) is 32.6 Å². The summed E-state index contributed by atoms with van der Waals surface area (Å²) in [6, 6.07) is 0. The fourth-order valence-electron chi connectivity index (χ4n) is 4.32. The molecule has 1 spiro atoms. The van der Waals surface area contributed by atoms with Gasteiger partial charge >= 0.3 is 0 Å². The van der Waals surface area contributed by atoms with Crippen molar-refractivity contribution in [2.75, 3.05) is 24.5 Å². The Morgan fingerprint density at radius 1 is 1.26 bits per heavy atom. The minimum atomic E-state index is -0.0854. The predicted molar refractivity (Wildman–Crippen MR) is 84.5 cm³/mol. The first-order valence-electron chi connectivity index (χ1n) is 8.40. The summed E-state index contributed by atoms with van der Waals surface area (Å²) in [5.74, 6) is 1.32. The van der Waals surface area contributed by atoms with Crippen LogP contribution < -0.4 is 4.90 Å². The van der Waals surface area contributed by atoms with Gasteiger partial charge in [0.15, 0.2) is 0 Å². The van der Waals surface area contributed by atoms with Crippen molar-refractivity contribution in [3.8, 4) is 0 Å². The van der Waals surface area contributed by atoms with Gasteiger partial charge in [-0.05, 0) is 25.2 Å². The number of likely N-dealkylation sites (tertiary alicyclic amines) is 1. The van der Waals surface area contributed by atoms with Crippen LogP contribution in [0.15, 0.2) is 18.7 Å². The molecule has 2 saturated heterocycles. The van der Waals surface area contributed by atoms with Crippen molar-refractivity contribution in [1.29, 1.82) is 0 Å². The second kappa shape index (κ2) is 5.28. The first-order valence-corrected chi connectivity index (χ1v) is 8.40. The molecule has 1 atom stereocenters. The molecule has 3 fully saturated rings. The van der Waals surface area contributed by atoms with Crippen molar-refractivity contribution < 1.29 is 9.59 Å². The van der Waals surface area contributed by atoms with E-state index >= 15 is 0 Å². The van der Waals surface area contributed by atoms with E-state index in [1.54, 1.807) is 17.3 Å². The number of nitrogens with zero attached hydrogens (tertiary/aromatic N) is 4. The number of amides is 2. The zero-order valence-electron chi connectivity index (χ0n) is 13.4. The third kappa shape index (κ3) is 2.50. The maximum atomic E-state index is 12.6. The van der Waals surface area contributed by atoms with Crippen LogP contribution >= 0.6 is 0 Å². The smallest absolute Gasteiger partial charge is 0.227 e. The summed E-state index contributed by atoms with van der Waals surface area (Å²) >= 11 is 0. The Kier molecular flexibility index (Phi) is 3.36. The fraction of sp³-hybridized carbons (Fsp3) is 0.647. The molecule has 0 aromatic carbocycles. The summed E-state index contributed by atoms with van der Waals surface area (Å²) < 4.78 is 0. The first-order chi connectivity index (χ1) is 11.1.